The molecule has 2 heterocycles. The van der Waals surface area contributed by atoms with Crippen molar-refractivity contribution in [2.75, 3.05) is 17.2 Å². The fraction of sp³-hybridized carbons (Fsp3) is 0.615. The zero-order chi connectivity index (χ0) is 13.2. The summed E-state index contributed by atoms with van der Waals surface area (Å²) >= 11 is 0. The number of anilines is 2. The van der Waals surface area contributed by atoms with Crippen molar-refractivity contribution in [1.29, 1.82) is 0 Å². The molecule has 0 aliphatic heterocycles. The molecule has 102 valence electrons. The quantitative estimate of drug-likeness (QED) is 0.743. The van der Waals surface area contributed by atoms with Gasteiger partial charge in [-0.05, 0) is 18.8 Å². The first-order valence-electron chi connectivity index (χ1n) is 7.03. The number of H-pyrrole nitrogens is 1. The summed E-state index contributed by atoms with van der Waals surface area (Å²) in [5.41, 5.74) is 1.61. The molecule has 0 aromatic carbocycles. The zero-order valence-electron chi connectivity index (χ0n) is 11.4. The standard InChI is InChI=1S/C13H20N6/c1-3-5-14-13-18-11-10(15-7-16-11)12(19-13)17-9-6-8(9)4-2/h7-9H,3-6H2,1-2H3,(H3,14,15,16,17,18,19). The Morgan fingerprint density at radius 1 is 1.37 bits per heavy atom. The first-order valence-corrected chi connectivity index (χ1v) is 7.03. The van der Waals surface area contributed by atoms with Gasteiger partial charge in [-0.2, -0.15) is 9.97 Å². The second-order valence-corrected chi connectivity index (χ2v) is 5.08. The third-order valence-corrected chi connectivity index (χ3v) is 3.59. The Morgan fingerprint density at radius 2 is 2.26 bits per heavy atom. The van der Waals surface area contributed by atoms with Crippen LogP contribution in [-0.4, -0.2) is 32.5 Å². The van der Waals surface area contributed by atoms with Crippen LogP contribution in [0.4, 0.5) is 11.8 Å². The van der Waals surface area contributed by atoms with E-state index in [1.807, 2.05) is 0 Å². The largest absolute Gasteiger partial charge is 0.365 e. The normalized spacial score (nSPS) is 21.6. The number of fused-ring (bicyclic) bond motifs is 1. The summed E-state index contributed by atoms with van der Waals surface area (Å²) in [5.74, 6) is 2.29. The van der Waals surface area contributed by atoms with Crippen molar-refractivity contribution in [1.82, 2.24) is 19.9 Å². The molecule has 2 atom stereocenters. The molecular weight excluding hydrogens is 240 g/mol. The van der Waals surface area contributed by atoms with E-state index in [1.165, 1.54) is 12.8 Å². The minimum absolute atomic E-state index is 0.547. The Morgan fingerprint density at radius 3 is 3.00 bits per heavy atom. The molecule has 0 saturated heterocycles. The predicted octanol–water partition coefficient (Wildman–Crippen LogP) is 2.39. The summed E-state index contributed by atoms with van der Waals surface area (Å²) in [6.45, 7) is 5.22. The molecule has 3 N–H and O–H groups in total. The molecule has 3 rings (SSSR count). The van der Waals surface area contributed by atoms with Gasteiger partial charge in [-0.25, -0.2) is 4.98 Å². The van der Waals surface area contributed by atoms with Crippen LogP contribution in [0.15, 0.2) is 6.33 Å². The van der Waals surface area contributed by atoms with E-state index in [1.54, 1.807) is 6.33 Å². The molecule has 0 bridgehead atoms. The highest BCUT2D eigenvalue weighted by Gasteiger charge is 2.36. The summed E-state index contributed by atoms with van der Waals surface area (Å²) < 4.78 is 0. The summed E-state index contributed by atoms with van der Waals surface area (Å²) in [6, 6.07) is 0.547. The van der Waals surface area contributed by atoms with Crippen molar-refractivity contribution in [3.8, 4) is 0 Å². The van der Waals surface area contributed by atoms with Gasteiger partial charge < -0.3 is 15.6 Å². The van der Waals surface area contributed by atoms with Crippen LogP contribution in [0.3, 0.4) is 0 Å². The molecule has 2 aromatic rings. The summed E-state index contributed by atoms with van der Waals surface area (Å²) in [7, 11) is 0. The first-order chi connectivity index (χ1) is 9.31. The first kappa shape index (κ1) is 12.2. The topological polar surface area (TPSA) is 78.5 Å². The van der Waals surface area contributed by atoms with Crippen LogP contribution in [-0.2, 0) is 0 Å². The molecule has 1 fully saturated rings. The number of rotatable bonds is 6. The summed E-state index contributed by atoms with van der Waals surface area (Å²) in [6.07, 6.45) is 5.16. The van der Waals surface area contributed by atoms with Crippen LogP contribution in [0.2, 0.25) is 0 Å². The van der Waals surface area contributed by atoms with Crippen molar-refractivity contribution in [3.63, 3.8) is 0 Å². The van der Waals surface area contributed by atoms with Gasteiger partial charge in [0.1, 0.15) is 5.52 Å². The summed E-state index contributed by atoms with van der Waals surface area (Å²) in [4.78, 5) is 16.3. The molecule has 6 nitrogen and oxygen atoms in total. The Hall–Kier alpha value is -1.85. The Labute approximate surface area is 112 Å². The van der Waals surface area contributed by atoms with Crippen LogP contribution >= 0.6 is 0 Å². The molecule has 19 heavy (non-hydrogen) atoms. The number of hydrogen-bond donors (Lipinski definition) is 3. The lowest BCUT2D eigenvalue weighted by Crippen LogP contribution is -2.10. The maximum atomic E-state index is 4.55. The van der Waals surface area contributed by atoms with Crippen LogP contribution in [0, 0.1) is 5.92 Å². The van der Waals surface area contributed by atoms with Crippen LogP contribution in [0.25, 0.3) is 11.2 Å². The lowest BCUT2D eigenvalue weighted by atomic mass is 10.3. The van der Waals surface area contributed by atoms with Crippen molar-refractivity contribution in [2.24, 2.45) is 5.92 Å². The third kappa shape index (κ3) is 2.47. The van der Waals surface area contributed by atoms with E-state index in [2.05, 4.69) is 44.4 Å². The van der Waals surface area contributed by atoms with Crippen LogP contribution in [0.5, 0.6) is 0 Å². The molecule has 2 aromatic heterocycles. The fourth-order valence-electron chi connectivity index (χ4n) is 2.30. The monoisotopic (exact) mass is 260 g/mol. The molecule has 1 aliphatic rings. The van der Waals surface area contributed by atoms with Crippen molar-refractivity contribution >= 4 is 22.9 Å². The lowest BCUT2D eigenvalue weighted by molar-refractivity contribution is 0.773. The van der Waals surface area contributed by atoms with Gasteiger partial charge in [0.25, 0.3) is 0 Å². The third-order valence-electron chi connectivity index (χ3n) is 3.59. The molecular formula is C13H20N6. The number of hydrogen-bond acceptors (Lipinski definition) is 5. The van der Waals surface area contributed by atoms with E-state index in [0.717, 1.165) is 30.2 Å². The second kappa shape index (κ2) is 5.03. The highest BCUT2D eigenvalue weighted by molar-refractivity contribution is 5.83. The predicted molar refractivity (Wildman–Crippen MR) is 76.3 cm³/mol. The maximum Gasteiger partial charge on any atom is 0.226 e. The average Bonchev–Trinajstić information content (AvgIpc) is 3.00. The highest BCUT2D eigenvalue weighted by atomic mass is 15.2. The highest BCUT2D eigenvalue weighted by Crippen LogP contribution is 2.36. The number of aromatic amines is 1. The summed E-state index contributed by atoms with van der Waals surface area (Å²) in [5, 5.41) is 6.72. The van der Waals surface area contributed by atoms with Gasteiger partial charge in [-0.3, -0.25) is 0 Å². The molecule has 0 radical (unpaired) electrons. The average molecular weight is 260 g/mol. The molecule has 1 saturated carbocycles. The van der Waals surface area contributed by atoms with Crippen LogP contribution < -0.4 is 10.6 Å². The number of aromatic nitrogens is 4. The van der Waals surface area contributed by atoms with E-state index in [0.29, 0.717) is 17.6 Å². The number of imidazole rings is 1. The zero-order valence-corrected chi connectivity index (χ0v) is 11.4. The minimum Gasteiger partial charge on any atom is -0.365 e. The van der Waals surface area contributed by atoms with Crippen molar-refractivity contribution in [2.45, 2.75) is 39.2 Å². The van der Waals surface area contributed by atoms with E-state index in [4.69, 9.17) is 0 Å². The Balaban J connectivity index is 1.85. The minimum atomic E-state index is 0.547. The lowest BCUT2D eigenvalue weighted by Gasteiger charge is -2.08. The van der Waals surface area contributed by atoms with Gasteiger partial charge in [0.15, 0.2) is 11.5 Å². The molecule has 1 aliphatic carbocycles. The van der Waals surface area contributed by atoms with Gasteiger partial charge in [-0.1, -0.05) is 20.3 Å². The Bertz CT molecular complexity index is 563. The van der Waals surface area contributed by atoms with Gasteiger partial charge >= 0.3 is 0 Å². The van der Waals surface area contributed by atoms with E-state index >= 15 is 0 Å². The smallest absolute Gasteiger partial charge is 0.226 e. The molecule has 0 amide bonds. The van der Waals surface area contributed by atoms with Crippen LogP contribution in [0.1, 0.15) is 33.1 Å². The number of nitrogens with zero attached hydrogens (tertiary/aromatic N) is 3. The van der Waals surface area contributed by atoms with E-state index < -0.39 is 0 Å². The Kier molecular flexibility index (Phi) is 3.23. The molecule has 2 unspecified atom stereocenters. The van der Waals surface area contributed by atoms with Gasteiger partial charge in [0, 0.05) is 12.6 Å². The van der Waals surface area contributed by atoms with E-state index in [-0.39, 0.29) is 0 Å². The fourth-order valence-corrected chi connectivity index (χ4v) is 2.30. The molecule has 6 heteroatoms. The second-order valence-electron chi connectivity index (χ2n) is 5.08. The van der Waals surface area contributed by atoms with Crippen molar-refractivity contribution < 1.29 is 0 Å². The maximum absolute atomic E-state index is 4.55. The molecule has 0 spiro atoms. The van der Waals surface area contributed by atoms with E-state index in [9.17, 15) is 0 Å². The number of nitrogens with one attached hydrogen (secondary N) is 3. The van der Waals surface area contributed by atoms with Gasteiger partial charge in [0.2, 0.25) is 5.95 Å². The SMILES string of the molecule is CCCNc1nc(NC2CC2CC)c2[nH]cnc2n1. The van der Waals surface area contributed by atoms with Gasteiger partial charge in [0.05, 0.1) is 6.33 Å². The van der Waals surface area contributed by atoms with Crippen molar-refractivity contribution in [3.05, 3.63) is 6.33 Å². The van der Waals surface area contributed by atoms with Gasteiger partial charge in [-0.15, -0.1) is 0 Å².